The van der Waals surface area contributed by atoms with Gasteiger partial charge in [-0.25, -0.2) is 0 Å². The van der Waals surface area contributed by atoms with Crippen LogP contribution in [0.2, 0.25) is 0 Å². The first-order valence-electron chi connectivity index (χ1n) is 6.50. The number of nitrogens with two attached hydrogens (primary N) is 1. The zero-order valence-corrected chi connectivity index (χ0v) is 12.5. The number of nitrogens with one attached hydrogen (secondary N) is 1. The van der Waals surface area contributed by atoms with Crippen molar-refractivity contribution < 1.29 is 0 Å². The third-order valence-electron chi connectivity index (χ3n) is 3.15. The van der Waals surface area contributed by atoms with Gasteiger partial charge in [0.05, 0.1) is 5.69 Å². The Balaban J connectivity index is 1.88. The Bertz CT molecular complexity index is 612. The van der Waals surface area contributed by atoms with Crippen molar-refractivity contribution in [3.8, 4) is 0 Å². The molecule has 0 bridgehead atoms. The van der Waals surface area contributed by atoms with Crippen molar-refractivity contribution in [1.82, 2.24) is 15.0 Å². The van der Waals surface area contributed by atoms with Crippen molar-refractivity contribution in [3.05, 3.63) is 28.7 Å². The van der Waals surface area contributed by atoms with Crippen LogP contribution in [0.25, 0.3) is 0 Å². The van der Waals surface area contributed by atoms with Crippen molar-refractivity contribution in [2.24, 2.45) is 0 Å². The second kappa shape index (κ2) is 5.62. The Morgan fingerprint density at radius 3 is 2.60 bits per heavy atom. The van der Waals surface area contributed by atoms with Crippen LogP contribution >= 0.6 is 15.9 Å². The quantitative estimate of drug-likeness (QED) is 0.897. The SMILES string of the molecule is Nc1nc(Nc2ccccc2Br)nc(N2CCCC2)n1. The zero-order valence-electron chi connectivity index (χ0n) is 10.9. The smallest absolute Gasteiger partial charge is 0.233 e. The van der Waals surface area contributed by atoms with Gasteiger partial charge < -0.3 is 16.0 Å². The monoisotopic (exact) mass is 334 g/mol. The first-order chi connectivity index (χ1) is 9.72. The van der Waals surface area contributed by atoms with Crippen molar-refractivity contribution >= 4 is 39.5 Å². The van der Waals surface area contributed by atoms with Gasteiger partial charge in [-0.3, -0.25) is 0 Å². The van der Waals surface area contributed by atoms with Crippen LogP contribution in [-0.4, -0.2) is 28.0 Å². The van der Waals surface area contributed by atoms with E-state index in [0.717, 1.165) is 23.2 Å². The molecule has 20 heavy (non-hydrogen) atoms. The molecule has 6 nitrogen and oxygen atoms in total. The number of rotatable bonds is 3. The van der Waals surface area contributed by atoms with Gasteiger partial charge in [0.15, 0.2) is 0 Å². The lowest BCUT2D eigenvalue weighted by atomic mass is 10.3. The second-order valence-corrected chi connectivity index (χ2v) is 5.47. The number of halogens is 1. The number of hydrogen-bond donors (Lipinski definition) is 2. The Kier molecular flexibility index (Phi) is 3.68. The van der Waals surface area contributed by atoms with Crippen LogP contribution in [-0.2, 0) is 0 Å². The maximum Gasteiger partial charge on any atom is 0.233 e. The van der Waals surface area contributed by atoms with Gasteiger partial charge in [0.2, 0.25) is 17.8 Å². The Hall–Kier alpha value is -1.89. The summed E-state index contributed by atoms with van der Waals surface area (Å²) in [5.74, 6) is 1.34. The number of aromatic nitrogens is 3. The van der Waals surface area contributed by atoms with E-state index in [2.05, 4.69) is 41.1 Å². The molecule has 0 aliphatic carbocycles. The lowest BCUT2D eigenvalue weighted by molar-refractivity contribution is 0.887. The maximum atomic E-state index is 5.78. The van der Waals surface area contributed by atoms with Crippen molar-refractivity contribution in [2.75, 3.05) is 29.0 Å². The van der Waals surface area contributed by atoms with Crippen LogP contribution in [0, 0.1) is 0 Å². The molecular formula is C13H15BrN6. The van der Waals surface area contributed by atoms with Gasteiger partial charge in [-0.15, -0.1) is 0 Å². The molecule has 0 radical (unpaired) electrons. The minimum absolute atomic E-state index is 0.233. The van der Waals surface area contributed by atoms with E-state index in [-0.39, 0.29) is 5.95 Å². The maximum absolute atomic E-state index is 5.78. The number of benzene rings is 1. The summed E-state index contributed by atoms with van der Waals surface area (Å²) in [6.07, 6.45) is 2.33. The van der Waals surface area contributed by atoms with Crippen LogP contribution in [0.3, 0.4) is 0 Å². The van der Waals surface area contributed by atoms with Gasteiger partial charge in [0.1, 0.15) is 0 Å². The molecule has 3 N–H and O–H groups in total. The Morgan fingerprint density at radius 1 is 1.10 bits per heavy atom. The van der Waals surface area contributed by atoms with E-state index in [1.807, 2.05) is 24.3 Å². The van der Waals surface area contributed by atoms with Crippen LogP contribution in [0.5, 0.6) is 0 Å². The fraction of sp³-hybridized carbons (Fsp3) is 0.308. The molecule has 2 heterocycles. The van der Waals surface area contributed by atoms with Gasteiger partial charge in [0.25, 0.3) is 0 Å². The van der Waals surface area contributed by atoms with Gasteiger partial charge in [0, 0.05) is 17.6 Å². The molecule has 104 valence electrons. The van der Waals surface area contributed by atoms with Crippen LogP contribution in [0.15, 0.2) is 28.7 Å². The summed E-state index contributed by atoms with van der Waals surface area (Å²) in [6, 6.07) is 7.79. The average Bonchev–Trinajstić information content (AvgIpc) is 2.95. The number of para-hydroxylation sites is 1. The second-order valence-electron chi connectivity index (χ2n) is 4.62. The number of nitrogen functional groups attached to an aromatic ring is 1. The topological polar surface area (TPSA) is 80.0 Å². The van der Waals surface area contributed by atoms with Crippen molar-refractivity contribution in [2.45, 2.75) is 12.8 Å². The van der Waals surface area contributed by atoms with E-state index in [1.165, 1.54) is 12.8 Å². The van der Waals surface area contributed by atoms with E-state index in [4.69, 9.17) is 5.73 Å². The fourth-order valence-corrected chi connectivity index (χ4v) is 2.56. The minimum Gasteiger partial charge on any atom is -0.368 e. The van der Waals surface area contributed by atoms with Gasteiger partial charge in [-0.2, -0.15) is 15.0 Å². The lowest BCUT2D eigenvalue weighted by Gasteiger charge is -2.16. The highest BCUT2D eigenvalue weighted by Crippen LogP contribution is 2.25. The summed E-state index contributed by atoms with van der Waals surface area (Å²) in [7, 11) is 0. The molecule has 1 aromatic heterocycles. The van der Waals surface area contributed by atoms with Crippen molar-refractivity contribution in [1.29, 1.82) is 0 Å². The molecule has 1 fully saturated rings. The number of hydrogen-bond acceptors (Lipinski definition) is 6. The van der Waals surface area contributed by atoms with E-state index in [1.54, 1.807) is 0 Å². The summed E-state index contributed by atoms with van der Waals surface area (Å²) >= 11 is 3.48. The van der Waals surface area contributed by atoms with E-state index in [9.17, 15) is 0 Å². The van der Waals surface area contributed by atoms with Crippen LogP contribution in [0.1, 0.15) is 12.8 Å². The highest BCUT2D eigenvalue weighted by Gasteiger charge is 2.17. The summed E-state index contributed by atoms with van der Waals surface area (Å²) in [4.78, 5) is 14.9. The normalized spacial score (nSPS) is 14.6. The summed E-state index contributed by atoms with van der Waals surface area (Å²) in [6.45, 7) is 1.94. The third kappa shape index (κ3) is 2.82. The molecule has 1 aliphatic heterocycles. The molecular weight excluding hydrogens is 320 g/mol. The molecule has 0 amide bonds. The molecule has 1 saturated heterocycles. The minimum atomic E-state index is 0.233. The predicted molar refractivity (Wildman–Crippen MR) is 83.1 cm³/mol. The van der Waals surface area contributed by atoms with E-state index < -0.39 is 0 Å². The first kappa shape index (κ1) is 13.1. The third-order valence-corrected chi connectivity index (χ3v) is 3.84. The number of nitrogens with zero attached hydrogens (tertiary/aromatic N) is 4. The Labute approximate surface area is 125 Å². The molecule has 0 atom stereocenters. The lowest BCUT2D eigenvalue weighted by Crippen LogP contribution is -2.21. The van der Waals surface area contributed by atoms with Crippen LogP contribution < -0.4 is 16.0 Å². The largest absolute Gasteiger partial charge is 0.368 e. The van der Waals surface area contributed by atoms with E-state index in [0.29, 0.717) is 11.9 Å². The molecule has 0 spiro atoms. The first-order valence-corrected chi connectivity index (χ1v) is 7.30. The molecule has 3 rings (SSSR count). The molecule has 2 aromatic rings. The van der Waals surface area contributed by atoms with Gasteiger partial charge in [-0.1, -0.05) is 12.1 Å². The summed E-state index contributed by atoms with van der Waals surface area (Å²) in [5, 5.41) is 3.16. The molecule has 7 heteroatoms. The fourth-order valence-electron chi connectivity index (χ4n) is 2.18. The van der Waals surface area contributed by atoms with Crippen molar-refractivity contribution in [3.63, 3.8) is 0 Å². The van der Waals surface area contributed by atoms with Gasteiger partial charge in [-0.05, 0) is 40.9 Å². The van der Waals surface area contributed by atoms with Gasteiger partial charge >= 0.3 is 0 Å². The highest BCUT2D eigenvalue weighted by molar-refractivity contribution is 9.10. The molecule has 1 aliphatic rings. The number of anilines is 4. The average molecular weight is 335 g/mol. The molecule has 1 aromatic carbocycles. The summed E-state index contributed by atoms with van der Waals surface area (Å²) < 4.78 is 0.946. The predicted octanol–water partition coefficient (Wildman–Crippen LogP) is 2.56. The molecule has 0 unspecified atom stereocenters. The highest BCUT2D eigenvalue weighted by atomic mass is 79.9. The molecule has 0 saturated carbocycles. The standard InChI is InChI=1S/C13H15BrN6/c14-9-5-1-2-6-10(9)16-12-17-11(15)18-13(19-12)20-7-3-4-8-20/h1-2,5-6H,3-4,7-8H2,(H3,15,16,17,18,19). The Morgan fingerprint density at radius 2 is 1.85 bits per heavy atom. The van der Waals surface area contributed by atoms with Crippen LogP contribution in [0.4, 0.5) is 23.5 Å². The zero-order chi connectivity index (χ0) is 13.9. The summed E-state index contributed by atoms with van der Waals surface area (Å²) in [5.41, 5.74) is 6.67. The van der Waals surface area contributed by atoms with E-state index >= 15 is 0 Å².